The summed E-state index contributed by atoms with van der Waals surface area (Å²) >= 11 is 1.26. The molecule has 0 N–H and O–H groups in total. The van der Waals surface area contributed by atoms with Crippen LogP contribution in [0.15, 0.2) is 24.3 Å². The number of imidazole rings is 1. The van der Waals surface area contributed by atoms with E-state index < -0.39 is 0 Å². The van der Waals surface area contributed by atoms with Crippen molar-refractivity contribution in [2.75, 3.05) is 18.0 Å². The van der Waals surface area contributed by atoms with Crippen LogP contribution < -0.4 is 4.90 Å². The second-order valence-corrected chi connectivity index (χ2v) is 8.14. The second kappa shape index (κ2) is 8.18. The number of rotatable bonds is 4. The molecule has 0 saturated carbocycles. The fraction of sp³-hybridized carbons (Fsp3) is 0.381. The quantitative estimate of drug-likeness (QED) is 0.618. The summed E-state index contributed by atoms with van der Waals surface area (Å²) in [7, 11) is 0. The Kier molecular flexibility index (Phi) is 5.57. The van der Waals surface area contributed by atoms with Crippen molar-refractivity contribution >= 4 is 29.2 Å². The molecule has 162 valence electrons. The summed E-state index contributed by atoms with van der Waals surface area (Å²) in [5.74, 6) is 1.14. The van der Waals surface area contributed by atoms with Gasteiger partial charge in [0.2, 0.25) is 5.91 Å². The third kappa shape index (κ3) is 3.71. The molecule has 0 bridgehead atoms. The number of amides is 2. The fourth-order valence-electron chi connectivity index (χ4n) is 3.95. The summed E-state index contributed by atoms with van der Waals surface area (Å²) in [6, 6.07) is 5.19. The summed E-state index contributed by atoms with van der Waals surface area (Å²) in [6.07, 6.45) is 0. The van der Waals surface area contributed by atoms with Crippen molar-refractivity contribution in [2.45, 2.75) is 40.3 Å². The molecule has 2 amide bonds. The first-order valence-corrected chi connectivity index (χ1v) is 10.8. The van der Waals surface area contributed by atoms with Crippen LogP contribution in [0.1, 0.15) is 48.7 Å². The van der Waals surface area contributed by atoms with Crippen LogP contribution in [-0.2, 0) is 11.3 Å². The predicted molar refractivity (Wildman–Crippen MR) is 115 cm³/mol. The van der Waals surface area contributed by atoms with Crippen molar-refractivity contribution in [2.24, 2.45) is 0 Å². The first-order chi connectivity index (χ1) is 14.8. The molecule has 0 saturated heterocycles. The maximum Gasteiger partial charge on any atom is 0.254 e. The van der Waals surface area contributed by atoms with Crippen LogP contribution in [0.2, 0.25) is 0 Å². The van der Waals surface area contributed by atoms with Crippen molar-refractivity contribution in [3.63, 3.8) is 0 Å². The number of aromatic nitrogens is 4. The Hall–Kier alpha value is -3.14. The molecular weight excluding hydrogens is 419 g/mol. The molecule has 0 spiro atoms. The van der Waals surface area contributed by atoms with Gasteiger partial charge in [-0.15, -0.1) is 0 Å². The largest absolute Gasteiger partial charge is 0.328 e. The average Bonchev–Trinajstić information content (AvgIpc) is 3.33. The smallest absolute Gasteiger partial charge is 0.254 e. The molecule has 10 heteroatoms. The summed E-state index contributed by atoms with van der Waals surface area (Å²) in [6.45, 7) is 8.53. The minimum atomic E-state index is -0.388. The molecule has 1 atom stereocenters. The highest BCUT2D eigenvalue weighted by Crippen LogP contribution is 2.38. The van der Waals surface area contributed by atoms with Crippen LogP contribution in [0.3, 0.4) is 0 Å². The first kappa shape index (κ1) is 21.1. The maximum atomic E-state index is 13.3. The Morgan fingerprint density at radius 1 is 1.23 bits per heavy atom. The fourth-order valence-corrected chi connectivity index (χ4v) is 4.62. The highest BCUT2D eigenvalue weighted by Gasteiger charge is 2.36. The SMILES string of the molecule is CCN(C(C)=O)c1nc(-c2nc(C)ns2)n2c1[C@@H](C)N(C(=O)c1ccc(F)cc1)CC2. The number of halogens is 1. The standard InChI is InChI=1S/C21H23FN6O2S/c1-5-26(14(4)29)18-17-12(2)27(21(30)15-6-8-16(22)9-7-15)10-11-28(17)19(24-18)20-23-13(3)25-31-20/h6-9,12H,5,10-11H2,1-4H3/t12-/m1/s1. The number of fused-ring (bicyclic) bond motifs is 1. The van der Waals surface area contributed by atoms with Gasteiger partial charge in [-0.05, 0) is 56.6 Å². The van der Waals surface area contributed by atoms with E-state index in [0.29, 0.717) is 47.7 Å². The van der Waals surface area contributed by atoms with Crippen LogP contribution in [0.4, 0.5) is 10.2 Å². The Morgan fingerprint density at radius 2 is 1.94 bits per heavy atom. The molecule has 1 aromatic carbocycles. The molecule has 31 heavy (non-hydrogen) atoms. The van der Waals surface area contributed by atoms with Gasteiger partial charge in [0.1, 0.15) is 11.6 Å². The lowest BCUT2D eigenvalue weighted by Crippen LogP contribution is -2.42. The number of hydrogen-bond acceptors (Lipinski definition) is 6. The third-order valence-corrected chi connectivity index (χ3v) is 6.24. The van der Waals surface area contributed by atoms with Crippen LogP contribution in [0.5, 0.6) is 0 Å². The van der Waals surface area contributed by atoms with Crippen molar-refractivity contribution < 1.29 is 14.0 Å². The van der Waals surface area contributed by atoms with Crippen LogP contribution in [-0.4, -0.2) is 48.7 Å². The van der Waals surface area contributed by atoms with Gasteiger partial charge in [-0.1, -0.05) is 0 Å². The molecule has 8 nitrogen and oxygen atoms in total. The van der Waals surface area contributed by atoms with Gasteiger partial charge >= 0.3 is 0 Å². The van der Waals surface area contributed by atoms with Crippen molar-refractivity contribution in [1.29, 1.82) is 0 Å². The molecule has 4 rings (SSSR count). The van der Waals surface area contributed by atoms with E-state index in [0.717, 1.165) is 5.69 Å². The lowest BCUT2D eigenvalue weighted by molar-refractivity contribution is -0.116. The minimum Gasteiger partial charge on any atom is -0.328 e. The first-order valence-electron chi connectivity index (χ1n) is 10.1. The van der Waals surface area contributed by atoms with E-state index in [9.17, 15) is 14.0 Å². The summed E-state index contributed by atoms with van der Waals surface area (Å²) < 4.78 is 19.6. The molecule has 3 heterocycles. The number of hydrogen-bond donors (Lipinski definition) is 0. The Balaban J connectivity index is 1.80. The normalized spacial score (nSPS) is 15.6. The van der Waals surface area contributed by atoms with E-state index in [2.05, 4.69) is 9.36 Å². The molecule has 1 aliphatic heterocycles. The van der Waals surface area contributed by atoms with Gasteiger partial charge in [0.15, 0.2) is 16.6 Å². The summed E-state index contributed by atoms with van der Waals surface area (Å²) in [5.41, 5.74) is 1.20. The van der Waals surface area contributed by atoms with Crippen LogP contribution in [0, 0.1) is 12.7 Å². The lowest BCUT2D eigenvalue weighted by atomic mass is 10.1. The molecule has 0 aliphatic carbocycles. The van der Waals surface area contributed by atoms with E-state index in [1.807, 2.05) is 25.3 Å². The molecule has 2 aromatic heterocycles. The summed E-state index contributed by atoms with van der Waals surface area (Å²) in [4.78, 5) is 38.1. The highest BCUT2D eigenvalue weighted by atomic mass is 32.1. The number of aryl methyl sites for hydroxylation is 1. The number of carbonyl (C=O) groups is 2. The van der Waals surface area contributed by atoms with Gasteiger partial charge < -0.3 is 9.47 Å². The molecular formula is C21H23FN6O2S. The van der Waals surface area contributed by atoms with Crippen LogP contribution in [0.25, 0.3) is 10.8 Å². The van der Waals surface area contributed by atoms with Gasteiger partial charge in [-0.25, -0.2) is 14.4 Å². The van der Waals surface area contributed by atoms with Gasteiger partial charge in [-0.3, -0.25) is 14.5 Å². The predicted octanol–water partition coefficient (Wildman–Crippen LogP) is 3.44. The molecule has 3 aromatic rings. The topological polar surface area (TPSA) is 84.2 Å². The Labute approximate surface area is 183 Å². The molecule has 0 radical (unpaired) electrons. The van der Waals surface area contributed by atoms with Crippen molar-refractivity contribution in [3.05, 3.63) is 47.2 Å². The Bertz CT molecular complexity index is 1140. The monoisotopic (exact) mass is 442 g/mol. The van der Waals surface area contributed by atoms with Gasteiger partial charge in [0, 0.05) is 32.1 Å². The van der Waals surface area contributed by atoms with E-state index in [-0.39, 0.29) is 23.7 Å². The zero-order chi connectivity index (χ0) is 22.3. The van der Waals surface area contributed by atoms with E-state index in [4.69, 9.17) is 4.98 Å². The van der Waals surface area contributed by atoms with Gasteiger partial charge in [0.05, 0.1) is 11.7 Å². The van der Waals surface area contributed by atoms with Crippen molar-refractivity contribution in [3.8, 4) is 10.8 Å². The zero-order valence-electron chi connectivity index (χ0n) is 17.8. The van der Waals surface area contributed by atoms with Crippen LogP contribution >= 0.6 is 11.5 Å². The highest BCUT2D eigenvalue weighted by molar-refractivity contribution is 7.09. The maximum absolute atomic E-state index is 13.3. The molecule has 0 fully saturated rings. The average molecular weight is 443 g/mol. The van der Waals surface area contributed by atoms with Gasteiger partial charge in [-0.2, -0.15) is 4.37 Å². The number of benzene rings is 1. The number of anilines is 1. The second-order valence-electron chi connectivity index (χ2n) is 7.39. The number of nitrogens with zero attached hydrogens (tertiary/aromatic N) is 6. The number of carbonyl (C=O) groups excluding carboxylic acids is 2. The molecule has 0 unspecified atom stereocenters. The van der Waals surface area contributed by atoms with Gasteiger partial charge in [0.25, 0.3) is 5.91 Å². The van der Waals surface area contributed by atoms with E-state index >= 15 is 0 Å². The zero-order valence-corrected chi connectivity index (χ0v) is 18.6. The van der Waals surface area contributed by atoms with E-state index in [1.165, 1.54) is 42.7 Å². The molecule has 1 aliphatic rings. The lowest BCUT2D eigenvalue weighted by Gasteiger charge is -2.36. The summed E-state index contributed by atoms with van der Waals surface area (Å²) in [5, 5.41) is 0.676. The third-order valence-electron chi connectivity index (χ3n) is 5.44. The van der Waals surface area contributed by atoms with Crippen molar-refractivity contribution in [1.82, 2.24) is 23.8 Å². The minimum absolute atomic E-state index is 0.127. The van der Waals surface area contributed by atoms with E-state index in [1.54, 1.807) is 9.80 Å². The Morgan fingerprint density at radius 3 is 2.52 bits per heavy atom.